The second-order valence-electron chi connectivity index (χ2n) is 10.7. The number of aromatic nitrogens is 2. The van der Waals surface area contributed by atoms with Gasteiger partial charge in [-0.3, -0.25) is 19.9 Å². The zero-order valence-electron chi connectivity index (χ0n) is 24.7. The minimum absolute atomic E-state index is 0.0471. The molecule has 1 fully saturated rings. The number of carbonyl (C=O) groups is 1. The summed E-state index contributed by atoms with van der Waals surface area (Å²) < 4.78 is 7.60. The SMILES string of the molecule is COc1cc([N+](=O)[O-])ccc1-n1c(C)cc([C@H]2[C@H](c3ccccn3)NC(=S)N2CCC(=O)Nc2cc(C)ccc2C)c1C. The van der Waals surface area contributed by atoms with Gasteiger partial charge in [0.25, 0.3) is 5.69 Å². The number of non-ortho nitro benzene ring substituents is 1. The number of methoxy groups -OCH3 is 1. The van der Waals surface area contributed by atoms with E-state index in [0.717, 1.165) is 39.5 Å². The number of nitrogens with zero attached hydrogens (tertiary/aromatic N) is 4. The van der Waals surface area contributed by atoms with Crippen LogP contribution in [0.3, 0.4) is 0 Å². The van der Waals surface area contributed by atoms with Crippen molar-refractivity contribution in [3.8, 4) is 11.4 Å². The number of rotatable bonds is 9. The van der Waals surface area contributed by atoms with Crippen molar-refractivity contribution in [1.29, 1.82) is 0 Å². The number of hydrogen-bond donors (Lipinski definition) is 2. The summed E-state index contributed by atoms with van der Waals surface area (Å²) in [6, 6.07) is 17.9. The minimum Gasteiger partial charge on any atom is -0.494 e. The van der Waals surface area contributed by atoms with Crippen LogP contribution in [0.2, 0.25) is 0 Å². The topological polar surface area (TPSA) is 115 Å². The molecular formula is C32H34N6O4S. The van der Waals surface area contributed by atoms with Crippen LogP contribution in [0.25, 0.3) is 5.69 Å². The van der Waals surface area contributed by atoms with E-state index in [-0.39, 0.29) is 30.1 Å². The summed E-state index contributed by atoms with van der Waals surface area (Å²) in [5.41, 5.74) is 7.19. The summed E-state index contributed by atoms with van der Waals surface area (Å²) >= 11 is 5.83. The Kier molecular flexibility index (Phi) is 8.45. The lowest BCUT2D eigenvalue weighted by molar-refractivity contribution is -0.384. The molecule has 0 radical (unpaired) electrons. The molecule has 1 saturated heterocycles. The molecule has 3 heterocycles. The van der Waals surface area contributed by atoms with Gasteiger partial charge in [0.2, 0.25) is 5.91 Å². The van der Waals surface area contributed by atoms with Gasteiger partial charge in [0, 0.05) is 42.3 Å². The Morgan fingerprint density at radius 1 is 1.12 bits per heavy atom. The number of benzene rings is 2. The van der Waals surface area contributed by atoms with Crippen LogP contribution in [-0.2, 0) is 4.79 Å². The van der Waals surface area contributed by atoms with Crippen LogP contribution in [0.1, 0.15) is 52.3 Å². The molecule has 2 aromatic heterocycles. The van der Waals surface area contributed by atoms with Gasteiger partial charge >= 0.3 is 0 Å². The molecule has 5 rings (SSSR count). The van der Waals surface area contributed by atoms with Gasteiger partial charge in [0.15, 0.2) is 5.11 Å². The second kappa shape index (κ2) is 12.2. The molecule has 0 unspecified atom stereocenters. The van der Waals surface area contributed by atoms with Crippen LogP contribution in [0.4, 0.5) is 11.4 Å². The Bertz CT molecular complexity index is 1700. The molecule has 2 atom stereocenters. The predicted octanol–water partition coefficient (Wildman–Crippen LogP) is 6.02. The zero-order chi connectivity index (χ0) is 30.8. The molecule has 0 spiro atoms. The summed E-state index contributed by atoms with van der Waals surface area (Å²) in [5, 5.41) is 18.4. The number of anilines is 1. The van der Waals surface area contributed by atoms with E-state index in [9.17, 15) is 14.9 Å². The van der Waals surface area contributed by atoms with E-state index in [1.54, 1.807) is 12.3 Å². The van der Waals surface area contributed by atoms with Crippen molar-refractivity contribution in [2.75, 3.05) is 19.0 Å². The number of nitro groups is 1. The maximum atomic E-state index is 13.1. The van der Waals surface area contributed by atoms with Crippen LogP contribution >= 0.6 is 12.2 Å². The highest BCUT2D eigenvalue weighted by atomic mass is 32.1. The molecule has 1 amide bonds. The third-order valence-electron chi connectivity index (χ3n) is 7.85. The number of carbonyl (C=O) groups excluding carboxylic acids is 1. The van der Waals surface area contributed by atoms with E-state index in [0.29, 0.717) is 23.1 Å². The largest absolute Gasteiger partial charge is 0.494 e. The normalized spacial score (nSPS) is 16.2. The van der Waals surface area contributed by atoms with Gasteiger partial charge in [-0.2, -0.15) is 0 Å². The number of nitrogens with one attached hydrogen (secondary N) is 2. The number of ether oxygens (including phenoxy) is 1. The van der Waals surface area contributed by atoms with Crippen molar-refractivity contribution >= 4 is 34.6 Å². The third-order valence-corrected chi connectivity index (χ3v) is 8.20. The van der Waals surface area contributed by atoms with Crippen molar-refractivity contribution < 1.29 is 14.5 Å². The molecule has 4 aromatic rings. The zero-order valence-corrected chi connectivity index (χ0v) is 25.6. The van der Waals surface area contributed by atoms with Gasteiger partial charge in [0.05, 0.1) is 41.6 Å². The molecule has 0 aliphatic carbocycles. The van der Waals surface area contributed by atoms with Crippen molar-refractivity contribution in [3.05, 3.63) is 111 Å². The molecule has 222 valence electrons. The fourth-order valence-electron chi connectivity index (χ4n) is 5.71. The molecule has 0 saturated carbocycles. The van der Waals surface area contributed by atoms with E-state index >= 15 is 0 Å². The smallest absolute Gasteiger partial charge is 0.273 e. The summed E-state index contributed by atoms with van der Waals surface area (Å²) in [4.78, 5) is 30.7. The summed E-state index contributed by atoms with van der Waals surface area (Å²) in [5.74, 6) is 0.293. The summed E-state index contributed by atoms with van der Waals surface area (Å²) in [7, 11) is 1.50. The summed E-state index contributed by atoms with van der Waals surface area (Å²) in [6.07, 6.45) is 1.98. The molecule has 43 heavy (non-hydrogen) atoms. The van der Waals surface area contributed by atoms with Gasteiger partial charge < -0.3 is 24.8 Å². The average molecular weight is 599 g/mol. The van der Waals surface area contributed by atoms with Gasteiger partial charge in [-0.1, -0.05) is 18.2 Å². The minimum atomic E-state index is -0.440. The quantitative estimate of drug-likeness (QED) is 0.137. The molecule has 1 aliphatic heterocycles. The number of nitro benzene ring substituents is 1. The van der Waals surface area contributed by atoms with Crippen molar-refractivity contribution in [2.45, 2.75) is 46.2 Å². The highest BCUT2D eigenvalue weighted by Gasteiger charge is 2.41. The first kappa shape index (κ1) is 29.7. The van der Waals surface area contributed by atoms with E-state index < -0.39 is 4.92 Å². The standard InChI is InChI=1S/C32H34N6O4S/c1-19-9-10-20(2)26(16-19)34-29(39)13-15-36-31(30(35-32(36)43)25-8-6-7-14-33-25)24-17-21(3)37(22(24)4)27-12-11-23(38(40)41)18-28(27)42-5/h6-12,14,16-18,30-31H,13,15H2,1-5H3,(H,34,39)(H,35,43)/t30-,31-/m0/s1. The molecular weight excluding hydrogens is 564 g/mol. The Morgan fingerprint density at radius 3 is 2.60 bits per heavy atom. The Morgan fingerprint density at radius 2 is 1.91 bits per heavy atom. The van der Waals surface area contributed by atoms with Crippen LogP contribution in [0.5, 0.6) is 5.75 Å². The van der Waals surface area contributed by atoms with Crippen molar-refractivity contribution in [3.63, 3.8) is 0 Å². The van der Waals surface area contributed by atoms with Crippen LogP contribution < -0.4 is 15.4 Å². The Hall–Kier alpha value is -4.77. The van der Waals surface area contributed by atoms with E-state index in [1.807, 2.05) is 68.7 Å². The second-order valence-corrected chi connectivity index (χ2v) is 11.1. The highest BCUT2D eigenvalue weighted by molar-refractivity contribution is 7.80. The van der Waals surface area contributed by atoms with Gasteiger partial charge in [-0.05, 0) is 86.9 Å². The van der Waals surface area contributed by atoms with Crippen molar-refractivity contribution in [1.82, 2.24) is 19.8 Å². The lowest BCUT2D eigenvalue weighted by Crippen LogP contribution is -2.33. The molecule has 2 N–H and O–H groups in total. The van der Waals surface area contributed by atoms with E-state index in [4.69, 9.17) is 17.0 Å². The van der Waals surface area contributed by atoms with Crippen LogP contribution in [0, 0.1) is 37.8 Å². The first-order valence-corrected chi connectivity index (χ1v) is 14.4. The number of aryl methyl sites for hydroxylation is 3. The maximum absolute atomic E-state index is 13.1. The molecule has 1 aliphatic rings. The molecule has 2 aromatic carbocycles. The average Bonchev–Trinajstić information content (AvgIpc) is 3.47. The monoisotopic (exact) mass is 598 g/mol. The van der Waals surface area contributed by atoms with Gasteiger partial charge in [0.1, 0.15) is 5.75 Å². The number of hydrogen-bond acceptors (Lipinski definition) is 6. The van der Waals surface area contributed by atoms with Crippen LogP contribution in [-0.4, -0.2) is 44.0 Å². The molecule has 11 heteroatoms. The van der Waals surface area contributed by atoms with Crippen LogP contribution in [0.15, 0.2) is 66.9 Å². The molecule has 0 bridgehead atoms. The van der Waals surface area contributed by atoms with Gasteiger partial charge in [-0.25, -0.2) is 0 Å². The number of thiocarbonyl (C=S) groups is 1. The highest BCUT2D eigenvalue weighted by Crippen LogP contribution is 2.42. The van der Waals surface area contributed by atoms with Gasteiger partial charge in [-0.15, -0.1) is 0 Å². The maximum Gasteiger partial charge on any atom is 0.273 e. The fraction of sp³-hybridized carbons (Fsp3) is 0.281. The lowest BCUT2D eigenvalue weighted by atomic mass is 9.96. The van der Waals surface area contributed by atoms with E-state index in [2.05, 4.69) is 26.6 Å². The summed E-state index contributed by atoms with van der Waals surface area (Å²) in [6.45, 7) is 8.34. The molecule has 10 nitrogen and oxygen atoms in total. The predicted molar refractivity (Wildman–Crippen MR) is 170 cm³/mol. The Balaban J connectivity index is 1.50. The third kappa shape index (κ3) is 5.94. The number of amides is 1. The fourth-order valence-corrected chi connectivity index (χ4v) is 6.04. The number of pyridine rings is 1. The van der Waals surface area contributed by atoms with E-state index in [1.165, 1.54) is 19.2 Å². The lowest BCUT2D eigenvalue weighted by Gasteiger charge is -2.28. The van der Waals surface area contributed by atoms with Crippen molar-refractivity contribution in [2.24, 2.45) is 0 Å². The first-order chi connectivity index (χ1) is 20.6. The first-order valence-electron chi connectivity index (χ1n) is 14.0. The Labute approximate surface area is 255 Å².